The fourth-order valence-electron chi connectivity index (χ4n) is 3.40. The van der Waals surface area contributed by atoms with Crippen molar-refractivity contribution in [1.29, 1.82) is 0 Å². The Bertz CT molecular complexity index is 1270. The zero-order valence-corrected chi connectivity index (χ0v) is 24.9. The summed E-state index contributed by atoms with van der Waals surface area (Å²) in [7, 11) is 0. The zero-order valence-electron chi connectivity index (χ0n) is 15.4. The lowest BCUT2D eigenvalue weighted by atomic mass is 10.0. The van der Waals surface area contributed by atoms with E-state index in [-0.39, 0.29) is 0 Å². The molecule has 0 fully saturated rings. The van der Waals surface area contributed by atoms with E-state index >= 15 is 0 Å². The molecular weight excluding hydrogens is 790 g/mol. The number of carbonyl (C=O) groups is 1. The Balaban J connectivity index is 2.05. The number of nitrogens with two attached hydrogens (primary N) is 1. The second-order valence-corrected chi connectivity index (χ2v) is 12.0. The molecule has 0 amide bonds. The summed E-state index contributed by atoms with van der Waals surface area (Å²) >= 11 is 21.4. The number of hydrogen-bond acceptors (Lipinski definition) is 4. The maximum Gasteiger partial charge on any atom is 0.152 e. The largest absolute Gasteiger partial charge is 0.397 e. The Labute approximate surface area is 229 Å². The lowest BCUT2D eigenvalue weighted by molar-refractivity contribution is 0.112. The number of amidine groups is 1. The van der Waals surface area contributed by atoms with Crippen LogP contribution in [0.5, 0.6) is 0 Å². The molecule has 0 radical (unpaired) electrons. The van der Waals surface area contributed by atoms with Gasteiger partial charge in [0.05, 0.1) is 23.6 Å². The summed E-state index contributed by atoms with van der Waals surface area (Å²) in [6.45, 7) is 0.497. The minimum atomic E-state index is 0.497. The molecule has 3 aromatic carbocycles. The van der Waals surface area contributed by atoms with Gasteiger partial charge in [-0.15, -0.1) is 0 Å². The molecule has 1 aliphatic rings. The van der Waals surface area contributed by atoms with Crippen LogP contribution in [0.3, 0.4) is 0 Å². The average Bonchev–Trinajstić information content (AvgIpc) is 2.69. The van der Waals surface area contributed by atoms with Crippen molar-refractivity contribution in [2.24, 2.45) is 4.99 Å². The van der Waals surface area contributed by atoms with Gasteiger partial charge in [-0.3, -0.25) is 4.79 Å². The molecule has 0 aliphatic carbocycles. The fraction of sp³-hybridized carbons (Fsp3) is 0.0476. The Hall–Kier alpha value is -0.520. The molecule has 0 spiro atoms. The zero-order chi connectivity index (χ0) is 22.4. The molecule has 0 atom stereocenters. The molecule has 0 unspecified atom stereocenters. The molecule has 1 heterocycles. The Kier molecular flexibility index (Phi) is 7.15. The van der Waals surface area contributed by atoms with Crippen molar-refractivity contribution in [2.45, 2.75) is 6.54 Å². The van der Waals surface area contributed by atoms with Crippen LogP contribution in [0, 0.1) is 0 Å². The SMILES string of the molecule is Nc1c(Br)cc(Br)cc1C1=Nc2c(Br)cc(Br)cc2CN1c1c(Br)cc(Br)cc1C=O. The van der Waals surface area contributed by atoms with Crippen molar-refractivity contribution in [3.63, 3.8) is 0 Å². The minimum absolute atomic E-state index is 0.497. The number of carbonyl (C=O) groups excluding carboxylic acids is 1. The van der Waals surface area contributed by atoms with E-state index in [2.05, 4.69) is 95.6 Å². The first-order chi connectivity index (χ1) is 14.7. The highest BCUT2D eigenvalue weighted by molar-refractivity contribution is 9.11. The number of anilines is 2. The number of halogens is 6. The molecule has 31 heavy (non-hydrogen) atoms. The van der Waals surface area contributed by atoms with Crippen molar-refractivity contribution in [3.8, 4) is 0 Å². The molecule has 158 valence electrons. The number of nitrogens with zero attached hydrogens (tertiary/aromatic N) is 2. The summed E-state index contributed by atoms with van der Waals surface area (Å²) in [5.41, 5.74) is 10.8. The maximum atomic E-state index is 12.0. The van der Waals surface area contributed by atoms with Crippen LogP contribution < -0.4 is 10.6 Å². The van der Waals surface area contributed by atoms with Crippen LogP contribution in [0.1, 0.15) is 21.5 Å². The first-order valence-corrected chi connectivity index (χ1v) is 13.5. The average molecular weight is 801 g/mol. The Morgan fingerprint density at radius 3 is 2.16 bits per heavy atom. The third kappa shape index (κ3) is 4.61. The number of aldehydes is 1. The fourth-order valence-corrected chi connectivity index (χ4v) is 7.50. The van der Waals surface area contributed by atoms with E-state index in [1.165, 1.54) is 0 Å². The van der Waals surface area contributed by atoms with E-state index < -0.39 is 0 Å². The van der Waals surface area contributed by atoms with Crippen molar-refractivity contribution < 1.29 is 4.79 Å². The van der Waals surface area contributed by atoms with E-state index in [0.29, 0.717) is 29.3 Å². The molecule has 2 N–H and O–H groups in total. The molecule has 0 saturated carbocycles. The van der Waals surface area contributed by atoms with Gasteiger partial charge in [0, 0.05) is 38.0 Å². The number of rotatable bonds is 3. The highest BCUT2D eigenvalue weighted by Gasteiger charge is 2.29. The van der Waals surface area contributed by atoms with Gasteiger partial charge in [-0.1, -0.05) is 47.8 Å². The van der Waals surface area contributed by atoms with Gasteiger partial charge in [0.15, 0.2) is 6.29 Å². The second-order valence-electron chi connectivity index (χ2n) is 6.71. The van der Waals surface area contributed by atoms with E-state index in [1.807, 2.05) is 35.2 Å². The second kappa shape index (κ2) is 9.38. The van der Waals surface area contributed by atoms with Crippen LogP contribution in [0.2, 0.25) is 0 Å². The van der Waals surface area contributed by atoms with Gasteiger partial charge in [-0.05, 0) is 89.8 Å². The van der Waals surface area contributed by atoms with Gasteiger partial charge < -0.3 is 10.6 Å². The molecular formula is C21H11Br6N3O. The lowest BCUT2D eigenvalue weighted by Gasteiger charge is -2.33. The van der Waals surface area contributed by atoms with Crippen molar-refractivity contribution in [3.05, 3.63) is 79.9 Å². The van der Waals surface area contributed by atoms with Gasteiger partial charge in [-0.25, -0.2) is 4.99 Å². The van der Waals surface area contributed by atoms with Crippen molar-refractivity contribution >= 4 is 125 Å². The molecule has 0 saturated heterocycles. The van der Waals surface area contributed by atoms with Crippen molar-refractivity contribution in [1.82, 2.24) is 0 Å². The molecule has 0 bridgehead atoms. The highest BCUT2D eigenvalue weighted by Crippen LogP contribution is 2.43. The normalized spacial score (nSPS) is 13.1. The van der Waals surface area contributed by atoms with E-state index in [9.17, 15) is 4.79 Å². The lowest BCUT2D eigenvalue weighted by Crippen LogP contribution is -2.35. The first-order valence-electron chi connectivity index (χ1n) is 8.73. The molecule has 4 nitrogen and oxygen atoms in total. The summed E-state index contributed by atoms with van der Waals surface area (Å²) in [5.74, 6) is 0.640. The third-order valence-electron chi connectivity index (χ3n) is 4.70. The first kappa shape index (κ1) is 23.6. The summed E-state index contributed by atoms with van der Waals surface area (Å²) in [6, 6.07) is 11.5. The van der Waals surface area contributed by atoms with Gasteiger partial charge in [0.25, 0.3) is 0 Å². The maximum absolute atomic E-state index is 12.0. The van der Waals surface area contributed by atoms with Crippen LogP contribution in [0.25, 0.3) is 0 Å². The highest BCUT2D eigenvalue weighted by atomic mass is 79.9. The monoisotopic (exact) mass is 795 g/mol. The van der Waals surface area contributed by atoms with Gasteiger partial charge in [0.1, 0.15) is 5.84 Å². The van der Waals surface area contributed by atoms with Crippen molar-refractivity contribution in [2.75, 3.05) is 10.6 Å². The predicted molar refractivity (Wildman–Crippen MR) is 148 cm³/mol. The van der Waals surface area contributed by atoms with E-state index in [1.54, 1.807) is 6.07 Å². The Morgan fingerprint density at radius 2 is 1.45 bits per heavy atom. The standard InChI is InChI=1S/C21H11Br6N3O/c22-11-1-9-7-30(20-10(8-31)2-12(23)6-17(20)27)21(29-19(9)16(26)5-11)14-3-13(24)4-15(25)18(14)28/h1-6,8H,7,28H2. The van der Waals surface area contributed by atoms with E-state index in [0.717, 1.165) is 49.9 Å². The van der Waals surface area contributed by atoms with Crippen LogP contribution in [-0.4, -0.2) is 12.1 Å². The number of nitrogen functional groups attached to an aromatic ring is 1. The van der Waals surface area contributed by atoms with Crippen LogP contribution in [-0.2, 0) is 6.54 Å². The molecule has 3 aromatic rings. The van der Waals surface area contributed by atoms with Crippen LogP contribution >= 0.6 is 95.6 Å². The number of fused-ring (bicyclic) bond motifs is 1. The van der Waals surface area contributed by atoms with E-state index in [4.69, 9.17) is 10.7 Å². The minimum Gasteiger partial charge on any atom is -0.397 e. The van der Waals surface area contributed by atoms with Crippen LogP contribution in [0.4, 0.5) is 17.1 Å². The third-order valence-corrected chi connectivity index (χ3v) is 7.94. The smallest absolute Gasteiger partial charge is 0.152 e. The summed E-state index contributed by atoms with van der Waals surface area (Å²) in [4.78, 5) is 19.0. The van der Waals surface area contributed by atoms with Gasteiger partial charge in [0.2, 0.25) is 0 Å². The molecule has 4 rings (SSSR count). The molecule has 1 aliphatic heterocycles. The number of aliphatic imine (C=N–C) groups is 1. The quantitative estimate of drug-likeness (QED) is 0.213. The van der Waals surface area contributed by atoms with Gasteiger partial charge >= 0.3 is 0 Å². The molecule has 0 aromatic heterocycles. The van der Waals surface area contributed by atoms with Gasteiger partial charge in [-0.2, -0.15) is 0 Å². The summed E-state index contributed by atoms with van der Waals surface area (Å²) in [6.07, 6.45) is 0.842. The topological polar surface area (TPSA) is 58.7 Å². The summed E-state index contributed by atoms with van der Waals surface area (Å²) < 4.78 is 4.99. The van der Waals surface area contributed by atoms with Crippen LogP contribution in [0.15, 0.2) is 68.2 Å². The number of hydrogen-bond donors (Lipinski definition) is 1. The Morgan fingerprint density at radius 1 is 0.839 bits per heavy atom. The predicted octanol–water partition coefficient (Wildman–Crippen LogP) is 8.75. The number of benzene rings is 3. The summed E-state index contributed by atoms with van der Waals surface area (Å²) in [5, 5.41) is 0. The molecule has 10 heteroatoms.